The molecular weight excluding hydrogens is 454 g/mol. The van der Waals surface area contributed by atoms with Crippen molar-refractivity contribution in [2.75, 3.05) is 23.8 Å². The van der Waals surface area contributed by atoms with Crippen LogP contribution in [0.25, 0.3) is 22.2 Å². The van der Waals surface area contributed by atoms with Crippen molar-refractivity contribution in [1.82, 2.24) is 4.98 Å². The van der Waals surface area contributed by atoms with Crippen molar-refractivity contribution in [3.8, 4) is 17.0 Å². The Balaban J connectivity index is 1.62. The van der Waals surface area contributed by atoms with E-state index in [9.17, 15) is 9.59 Å². The molecule has 0 radical (unpaired) electrons. The SMILES string of the molecule is CCOC(=O)COc1cc(-c2ccccc2)nc2ccc(NC(=O)Nc3ccc(Cl)cc3)cc12. The summed E-state index contributed by atoms with van der Waals surface area (Å²) in [5, 5.41) is 6.77. The summed E-state index contributed by atoms with van der Waals surface area (Å²) in [6.07, 6.45) is 0. The molecule has 0 saturated heterocycles. The lowest BCUT2D eigenvalue weighted by atomic mass is 10.1. The Labute approximate surface area is 201 Å². The molecule has 34 heavy (non-hydrogen) atoms. The van der Waals surface area contributed by atoms with Crippen molar-refractivity contribution < 1.29 is 19.1 Å². The number of nitrogens with zero attached hydrogens (tertiary/aromatic N) is 1. The first-order valence-corrected chi connectivity index (χ1v) is 11.0. The normalized spacial score (nSPS) is 10.5. The number of nitrogens with one attached hydrogen (secondary N) is 2. The highest BCUT2D eigenvalue weighted by molar-refractivity contribution is 6.30. The third kappa shape index (κ3) is 5.82. The van der Waals surface area contributed by atoms with Gasteiger partial charge < -0.3 is 20.1 Å². The van der Waals surface area contributed by atoms with E-state index in [4.69, 9.17) is 26.1 Å². The quantitative estimate of drug-likeness (QED) is 0.313. The second-order valence-electron chi connectivity index (χ2n) is 7.28. The van der Waals surface area contributed by atoms with Gasteiger partial charge in [-0.3, -0.25) is 0 Å². The highest BCUT2D eigenvalue weighted by Gasteiger charge is 2.13. The van der Waals surface area contributed by atoms with Crippen LogP contribution in [0.3, 0.4) is 0 Å². The number of ether oxygens (including phenoxy) is 2. The Morgan fingerprint density at radius 1 is 0.912 bits per heavy atom. The molecule has 4 aromatic rings. The summed E-state index contributed by atoms with van der Waals surface area (Å²) in [5.74, 6) is -0.0102. The summed E-state index contributed by atoms with van der Waals surface area (Å²) < 4.78 is 10.8. The van der Waals surface area contributed by atoms with Gasteiger partial charge in [0.2, 0.25) is 0 Å². The highest BCUT2D eigenvalue weighted by atomic mass is 35.5. The van der Waals surface area contributed by atoms with Gasteiger partial charge in [-0.05, 0) is 49.4 Å². The van der Waals surface area contributed by atoms with E-state index in [1.54, 1.807) is 55.5 Å². The summed E-state index contributed by atoms with van der Waals surface area (Å²) in [4.78, 5) is 29.1. The molecule has 4 rings (SSSR count). The van der Waals surface area contributed by atoms with Crippen molar-refractivity contribution in [3.05, 3.63) is 83.9 Å². The topological polar surface area (TPSA) is 89.6 Å². The third-order valence-electron chi connectivity index (χ3n) is 4.85. The average Bonchev–Trinajstić information content (AvgIpc) is 2.84. The maximum Gasteiger partial charge on any atom is 0.344 e. The van der Waals surface area contributed by atoms with Crippen molar-refractivity contribution in [3.63, 3.8) is 0 Å². The van der Waals surface area contributed by atoms with Crippen LogP contribution in [0.5, 0.6) is 5.75 Å². The van der Waals surface area contributed by atoms with Crippen LogP contribution in [0.1, 0.15) is 6.92 Å². The number of pyridine rings is 1. The minimum absolute atomic E-state index is 0.240. The molecule has 1 aromatic heterocycles. The van der Waals surface area contributed by atoms with E-state index in [1.165, 1.54) is 0 Å². The zero-order valence-electron chi connectivity index (χ0n) is 18.4. The van der Waals surface area contributed by atoms with Crippen LogP contribution in [0.4, 0.5) is 16.2 Å². The zero-order chi connectivity index (χ0) is 23.9. The van der Waals surface area contributed by atoms with Gasteiger partial charge in [0.15, 0.2) is 6.61 Å². The molecule has 0 aliphatic carbocycles. The number of halogens is 1. The smallest absolute Gasteiger partial charge is 0.344 e. The number of rotatable bonds is 7. The summed E-state index contributed by atoms with van der Waals surface area (Å²) in [6.45, 7) is 1.77. The lowest BCUT2D eigenvalue weighted by Crippen LogP contribution is -2.19. The molecule has 0 atom stereocenters. The van der Waals surface area contributed by atoms with E-state index in [2.05, 4.69) is 10.6 Å². The van der Waals surface area contributed by atoms with Crippen LogP contribution in [0.15, 0.2) is 78.9 Å². The molecule has 0 bridgehead atoms. The van der Waals surface area contributed by atoms with Crippen molar-refractivity contribution in [2.24, 2.45) is 0 Å². The van der Waals surface area contributed by atoms with Crippen molar-refractivity contribution >= 4 is 45.9 Å². The number of benzene rings is 3. The van der Waals surface area contributed by atoms with Gasteiger partial charge in [-0.25, -0.2) is 14.6 Å². The Morgan fingerprint density at radius 2 is 1.62 bits per heavy atom. The fourth-order valence-electron chi connectivity index (χ4n) is 3.31. The Morgan fingerprint density at radius 3 is 2.35 bits per heavy atom. The van der Waals surface area contributed by atoms with Crippen LogP contribution in [0.2, 0.25) is 5.02 Å². The molecule has 0 spiro atoms. The molecule has 0 fully saturated rings. The first-order chi connectivity index (χ1) is 16.5. The molecule has 172 valence electrons. The number of fused-ring (bicyclic) bond motifs is 1. The minimum atomic E-state index is -0.467. The monoisotopic (exact) mass is 475 g/mol. The van der Waals surface area contributed by atoms with E-state index in [0.717, 1.165) is 5.56 Å². The van der Waals surface area contributed by atoms with E-state index in [-0.39, 0.29) is 13.2 Å². The first kappa shape index (κ1) is 23.1. The van der Waals surface area contributed by atoms with Gasteiger partial charge in [-0.15, -0.1) is 0 Å². The molecule has 7 nitrogen and oxygen atoms in total. The number of esters is 1. The van der Waals surface area contributed by atoms with Gasteiger partial charge in [-0.1, -0.05) is 41.9 Å². The van der Waals surface area contributed by atoms with Gasteiger partial charge >= 0.3 is 12.0 Å². The average molecular weight is 476 g/mol. The Kier molecular flexibility index (Phi) is 7.25. The molecule has 2 amide bonds. The molecule has 8 heteroatoms. The van der Waals surface area contributed by atoms with Gasteiger partial charge in [0.1, 0.15) is 5.75 Å². The van der Waals surface area contributed by atoms with Crippen LogP contribution in [-0.2, 0) is 9.53 Å². The number of hydrogen-bond donors (Lipinski definition) is 2. The molecule has 3 aromatic carbocycles. The molecule has 2 N–H and O–H groups in total. The largest absolute Gasteiger partial charge is 0.481 e. The van der Waals surface area contributed by atoms with Crippen molar-refractivity contribution in [1.29, 1.82) is 0 Å². The molecule has 1 heterocycles. The fourth-order valence-corrected chi connectivity index (χ4v) is 3.44. The maximum absolute atomic E-state index is 12.5. The van der Waals surface area contributed by atoms with E-state index < -0.39 is 12.0 Å². The van der Waals surface area contributed by atoms with Crippen LogP contribution in [-0.4, -0.2) is 30.2 Å². The Bertz CT molecular complexity index is 1310. The lowest BCUT2D eigenvalue weighted by molar-refractivity contribution is -0.145. The van der Waals surface area contributed by atoms with Crippen molar-refractivity contribution in [2.45, 2.75) is 6.92 Å². The van der Waals surface area contributed by atoms with Gasteiger partial charge in [-0.2, -0.15) is 0 Å². The number of aromatic nitrogens is 1. The van der Waals surface area contributed by atoms with Crippen LogP contribution >= 0.6 is 11.6 Å². The summed E-state index contributed by atoms with van der Waals surface area (Å²) in [5.41, 5.74) is 3.41. The highest BCUT2D eigenvalue weighted by Crippen LogP contribution is 2.32. The summed E-state index contributed by atoms with van der Waals surface area (Å²) in [6, 6.07) is 23.1. The third-order valence-corrected chi connectivity index (χ3v) is 5.10. The lowest BCUT2D eigenvalue weighted by Gasteiger charge is -2.13. The van der Waals surface area contributed by atoms with Gasteiger partial charge in [0, 0.05) is 33.4 Å². The number of hydrogen-bond acceptors (Lipinski definition) is 5. The van der Waals surface area contributed by atoms with E-state index in [1.807, 2.05) is 30.3 Å². The number of carbonyl (C=O) groups is 2. The second kappa shape index (κ2) is 10.7. The van der Waals surface area contributed by atoms with E-state index >= 15 is 0 Å². The number of carbonyl (C=O) groups excluding carboxylic acids is 2. The van der Waals surface area contributed by atoms with Gasteiger partial charge in [0.05, 0.1) is 17.8 Å². The first-order valence-electron chi connectivity index (χ1n) is 10.6. The van der Waals surface area contributed by atoms with Gasteiger partial charge in [0.25, 0.3) is 0 Å². The zero-order valence-corrected chi connectivity index (χ0v) is 19.1. The fraction of sp³-hybridized carbons (Fsp3) is 0.115. The molecule has 0 unspecified atom stereocenters. The Hall–Kier alpha value is -4.10. The maximum atomic E-state index is 12.5. The number of anilines is 2. The number of amides is 2. The van der Waals surface area contributed by atoms with Crippen LogP contribution in [0, 0.1) is 0 Å². The molecule has 0 saturated carbocycles. The predicted molar refractivity (Wildman–Crippen MR) is 133 cm³/mol. The minimum Gasteiger partial charge on any atom is -0.481 e. The van der Waals surface area contributed by atoms with E-state index in [0.29, 0.717) is 38.7 Å². The molecule has 0 aliphatic rings. The second-order valence-corrected chi connectivity index (χ2v) is 7.72. The summed E-state index contributed by atoms with van der Waals surface area (Å²) >= 11 is 5.89. The number of urea groups is 1. The molecule has 0 aliphatic heterocycles. The standard InChI is InChI=1S/C26H22ClN3O4/c1-2-33-25(31)16-34-24-15-23(17-6-4-3-5-7-17)30-22-13-12-20(14-21(22)24)29-26(32)28-19-10-8-18(27)9-11-19/h3-15H,2,16H2,1H3,(H2,28,29,32). The predicted octanol–water partition coefficient (Wildman–Crippen LogP) is 6.14. The molecular formula is C26H22ClN3O4. The summed E-state index contributed by atoms with van der Waals surface area (Å²) in [7, 11) is 0. The van der Waals surface area contributed by atoms with Crippen LogP contribution < -0.4 is 15.4 Å².